The third-order valence-corrected chi connectivity index (χ3v) is 5.82. The molecule has 32 heavy (non-hydrogen) atoms. The molecule has 3 aromatic rings. The zero-order valence-electron chi connectivity index (χ0n) is 18.8. The summed E-state index contributed by atoms with van der Waals surface area (Å²) < 4.78 is 0. The summed E-state index contributed by atoms with van der Waals surface area (Å²) in [6.45, 7) is 6.81. The molecule has 1 saturated heterocycles. The first-order valence-electron chi connectivity index (χ1n) is 11.0. The fourth-order valence-corrected chi connectivity index (χ4v) is 4.30. The number of rotatable bonds is 4. The van der Waals surface area contributed by atoms with Crippen molar-refractivity contribution in [2.24, 2.45) is 0 Å². The van der Waals surface area contributed by atoms with Gasteiger partial charge in [0.1, 0.15) is 5.82 Å². The highest BCUT2D eigenvalue weighted by molar-refractivity contribution is 5.95. The Hall–Kier alpha value is -3.54. The quantitative estimate of drug-likeness (QED) is 0.651. The number of likely N-dealkylation sites (tertiary alicyclic amines) is 1. The van der Waals surface area contributed by atoms with E-state index in [4.69, 9.17) is 4.98 Å². The van der Waals surface area contributed by atoms with Gasteiger partial charge in [-0.1, -0.05) is 29.8 Å². The summed E-state index contributed by atoms with van der Waals surface area (Å²) in [7, 11) is 0. The van der Waals surface area contributed by atoms with Crippen LogP contribution in [0.5, 0.6) is 0 Å². The van der Waals surface area contributed by atoms with Crippen molar-refractivity contribution in [3.8, 4) is 11.1 Å². The van der Waals surface area contributed by atoms with Crippen LogP contribution in [0.25, 0.3) is 11.1 Å². The lowest BCUT2D eigenvalue weighted by molar-refractivity contribution is -0.114. The van der Waals surface area contributed by atoms with E-state index < -0.39 is 0 Å². The summed E-state index contributed by atoms with van der Waals surface area (Å²) in [5, 5.41) is 2.73. The topological polar surface area (TPSA) is 75.2 Å². The average molecular weight is 429 g/mol. The van der Waals surface area contributed by atoms with Gasteiger partial charge in [0.05, 0.1) is 5.69 Å². The van der Waals surface area contributed by atoms with E-state index in [1.165, 1.54) is 12.5 Å². The van der Waals surface area contributed by atoms with Crippen molar-refractivity contribution in [1.29, 1.82) is 0 Å². The van der Waals surface area contributed by atoms with Crippen molar-refractivity contribution >= 4 is 17.5 Å². The van der Waals surface area contributed by atoms with Gasteiger partial charge in [-0.05, 0) is 56.5 Å². The van der Waals surface area contributed by atoms with E-state index in [0.29, 0.717) is 17.8 Å². The van der Waals surface area contributed by atoms with Gasteiger partial charge in [0, 0.05) is 48.9 Å². The number of carbonyl (C=O) groups excluding carboxylic acids is 2. The first-order chi connectivity index (χ1) is 15.4. The molecular weight excluding hydrogens is 400 g/mol. The molecule has 1 fully saturated rings. The van der Waals surface area contributed by atoms with Crippen molar-refractivity contribution < 1.29 is 9.59 Å². The van der Waals surface area contributed by atoms with Crippen LogP contribution in [0.1, 0.15) is 53.1 Å². The van der Waals surface area contributed by atoms with Gasteiger partial charge in [-0.25, -0.2) is 9.97 Å². The number of hydrogen-bond donors (Lipinski definition) is 1. The Kier molecular flexibility index (Phi) is 6.30. The number of benzene rings is 2. The van der Waals surface area contributed by atoms with Crippen molar-refractivity contribution in [2.75, 3.05) is 18.4 Å². The molecule has 2 aromatic carbocycles. The van der Waals surface area contributed by atoms with Gasteiger partial charge in [0.2, 0.25) is 5.91 Å². The molecule has 0 saturated carbocycles. The summed E-state index contributed by atoms with van der Waals surface area (Å²) in [6, 6.07) is 15.4. The fraction of sp³-hybridized carbons (Fsp3) is 0.308. The van der Waals surface area contributed by atoms with Crippen LogP contribution < -0.4 is 5.32 Å². The normalized spacial score (nSPS) is 16.0. The molecule has 0 bridgehead atoms. The second kappa shape index (κ2) is 9.30. The zero-order valence-corrected chi connectivity index (χ0v) is 18.8. The van der Waals surface area contributed by atoms with E-state index in [0.717, 1.165) is 42.0 Å². The lowest BCUT2D eigenvalue weighted by Gasteiger charge is -2.33. The molecular formula is C26H28N4O2. The number of carbonyl (C=O) groups is 2. The minimum atomic E-state index is -0.132. The number of piperidine rings is 1. The fourth-order valence-electron chi connectivity index (χ4n) is 4.30. The van der Waals surface area contributed by atoms with Crippen LogP contribution in [0.2, 0.25) is 0 Å². The van der Waals surface area contributed by atoms with Gasteiger partial charge in [-0.2, -0.15) is 0 Å². The second-order valence-corrected chi connectivity index (χ2v) is 8.43. The number of nitrogens with zero attached hydrogens (tertiary/aromatic N) is 3. The van der Waals surface area contributed by atoms with E-state index >= 15 is 0 Å². The predicted molar refractivity (Wildman–Crippen MR) is 126 cm³/mol. The molecule has 164 valence electrons. The molecule has 0 spiro atoms. The van der Waals surface area contributed by atoms with Crippen LogP contribution in [0, 0.1) is 13.8 Å². The molecule has 1 aliphatic rings. The summed E-state index contributed by atoms with van der Waals surface area (Å²) in [6.07, 6.45) is 3.82. The van der Waals surface area contributed by atoms with E-state index in [-0.39, 0.29) is 17.7 Å². The lowest BCUT2D eigenvalue weighted by atomic mass is 9.89. The largest absolute Gasteiger partial charge is 0.338 e. The number of anilines is 1. The summed E-state index contributed by atoms with van der Waals surface area (Å²) >= 11 is 0. The predicted octanol–water partition coefficient (Wildman–Crippen LogP) is 4.74. The second-order valence-electron chi connectivity index (χ2n) is 8.43. The SMILES string of the molecule is CC(=O)Nc1ccc(C(=O)N2CCC[C@H](c3nc(C)ncc3-c3cccc(C)c3)C2)cc1. The van der Waals surface area contributed by atoms with Crippen LogP contribution in [0.15, 0.2) is 54.7 Å². The summed E-state index contributed by atoms with van der Waals surface area (Å²) in [5.41, 5.74) is 5.66. The highest BCUT2D eigenvalue weighted by Gasteiger charge is 2.28. The van der Waals surface area contributed by atoms with Gasteiger partial charge in [0.25, 0.3) is 5.91 Å². The first-order valence-corrected chi connectivity index (χ1v) is 11.0. The smallest absolute Gasteiger partial charge is 0.253 e. The van der Waals surface area contributed by atoms with Crippen LogP contribution in [-0.4, -0.2) is 39.8 Å². The molecule has 4 rings (SSSR count). The molecule has 0 radical (unpaired) electrons. The molecule has 1 N–H and O–H groups in total. The van der Waals surface area contributed by atoms with E-state index in [2.05, 4.69) is 41.5 Å². The van der Waals surface area contributed by atoms with Gasteiger partial charge < -0.3 is 10.2 Å². The minimum Gasteiger partial charge on any atom is -0.338 e. The van der Waals surface area contributed by atoms with Crippen LogP contribution in [0.3, 0.4) is 0 Å². The maximum absolute atomic E-state index is 13.2. The highest BCUT2D eigenvalue weighted by atomic mass is 16.2. The lowest BCUT2D eigenvalue weighted by Crippen LogP contribution is -2.39. The average Bonchev–Trinajstić information content (AvgIpc) is 2.79. The Bertz CT molecular complexity index is 1140. The van der Waals surface area contributed by atoms with E-state index in [1.54, 1.807) is 24.3 Å². The van der Waals surface area contributed by atoms with E-state index in [9.17, 15) is 9.59 Å². The molecule has 0 unspecified atom stereocenters. The van der Waals surface area contributed by atoms with Crippen molar-refractivity contribution in [3.63, 3.8) is 0 Å². The highest BCUT2D eigenvalue weighted by Crippen LogP contribution is 2.33. The van der Waals surface area contributed by atoms with Crippen LogP contribution >= 0.6 is 0 Å². The minimum absolute atomic E-state index is 0.00644. The third kappa shape index (κ3) is 4.85. The Morgan fingerprint density at radius 2 is 1.88 bits per heavy atom. The summed E-state index contributed by atoms with van der Waals surface area (Å²) in [5.74, 6) is 0.774. The number of amides is 2. The van der Waals surface area contributed by atoms with Gasteiger partial charge in [0.15, 0.2) is 0 Å². The third-order valence-electron chi connectivity index (χ3n) is 5.82. The Balaban J connectivity index is 1.57. The van der Waals surface area contributed by atoms with Gasteiger partial charge in [-0.3, -0.25) is 9.59 Å². The van der Waals surface area contributed by atoms with Gasteiger partial charge in [-0.15, -0.1) is 0 Å². The van der Waals surface area contributed by atoms with E-state index in [1.807, 2.05) is 18.0 Å². The van der Waals surface area contributed by atoms with Crippen LogP contribution in [-0.2, 0) is 4.79 Å². The molecule has 1 atom stereocenters. The van der Waals surface area contributed by atoms with Crippen LogP contribution in [0.4, 0.5) is 5.69 Å². The van der Waals surface area contributed by atoms with Crippen molar-refractivity contribution in [3.05, 3.63) is 77.4 Å². The Morgan fingerprint density at radius 3 is 2.59 bits per heavy atom. The number of hydrogen-bond acceptors (Lipinski definition) is 4. The maximum atomic E-state index is 13.2. The number of aromatic nitrogens is 2. The molecule has 0 aliphatic carbocycles. The molecule has 6 nitrogen and oxygen atoms in total. The molecule has 2 amide bonds. The van der Waals surface area contributed by atoms with Gasteiger partial charge >= 0.3 is 0 Å². The molecule has 1 aliphatic heterocycles. The summed E-state index contributed by atoms with van der Waals surface area (Å²) in [4.78, 5) is 35.6. The number of nitrogens with one attached hydrogen (secondary N) is 1. The molecule has 2 heterocycles. The van der Waals surface area contributed by atoms with Crippen molar-refractivity contribution in [2.45, 2.75) is 39.5 Å². The number of aryl methyl sites for hydroxylation is 2. The molecule has 1 aromatic heterocycles. The zero-order chi connectivity index (χ0) is 22.7. The Labute approximate surface area is 188 Å². The van der Waals surface area contributed by atoms with Crippen molar-refractivity contribution in [1.82, 2.24) is 14.9 Å². The monoisotopic (exact) mass is 428 g/mol. The first kappa shape index (κ1) is 21.7. The molecule has 6 heteroatoms. The maximum Gasteiger partial charge on any atom is 0.253 e. The Morgan fingerprint density at radius 1 is 1.09 bits per heavy atom. The standard InChI is InChI=1S/C26H28N4O2/c1-17-6-4-7-21(14-17)24-15-27-18(2)28-25(24)22-8-5-13-30(16-22)26(32)20-9-11-23(12-10-20)29-19(3)31/h4,6-7,9-12,14-15,22H,5,8,13,16H2,1-3H3,(H,29,31)/t22-/m0/s1.